The van der Waals surface area contributed by atoms with E-state index in [1.807, 2.05) is 30.3 Å². The fourth-order valence-corrected chi connectivity index (χ4v) is 2.08. The van der Waals surface area contributed by atoms with Crippen LogP contribution in [0.25, 0.3) is 0 Å². The molecule has 6 heteroatoms. The first-order chi connectivity index (χ1) is 10.6. The van der Waals surface area contributed by atoms with E-state index in [0.717, 1.165) is 5.75 Å². The lowest BCUT2D eigenvalue weighted by Gasteiger charge is -2.10. The smallest absolute Gasteiger partial charge is 0.319 e. The number of hydrogen-bond donors (Lipinski definition) is 2. The molecule has 22 heavy (non-hydrogen) atoms. The molecule has 0 unspecified atom stereocenters. The van der Waals surface area contributed by atoms with E-state index >= 15 is 0 Å². The minimum atomic E-state index is -0.330. The summed E-state index contributed by atoms with van der Waals surface area (Å²) in [4.78, 5) is 11.7. The first-order valence-electron chi connectivity index (χ1n) is 6.83. The van der Waals surface area contributed by atoms with Crippen molar-refractivity contribution < 1.29 is 9.53 Å². The lowest BCUT2D eigenvalue weighted by atomic mass is 10.3. The molecule has 116 valence electrons. The van der Waals surface area contributed by atoms with E-state index < -0.39 is 0 Å². The van der Waals surface area contributed by atoms with E-state index in [0.29, 0.717) is 35.3 Å². The average Bonchev–Trinajstić information content (AvgIpc) is 2.51. The second-order valence-corrected chi connectivity index (χ2v) is 5.36. The van der Waals surface area contributed by atoms with Gasteiger partial charge in [-0.2, -0.15) is 0 Å². The van der Waals surface area contributed by atoms with Crippen LogP contribution in [0.4, 0.5) is 10.5 Å². The van der Waals surface area contributed by atoms with Gasteiger partial charge in [0.25, 0.3) is 0 Å². The van der Waals surface area contributed by atoms with Crippen LogP contribution < -0.4 is 15.4 Å². The molecule has 0 atom stereocenters. The number of benzene rings is 2. The summed E-state index contributed by atoms with van der Waals surface area (Å²) in [6, 6.07) is 14.1. The molecule has 2 rings (SSSR count). The molecular weight excluding hydrogens is 323 g/mol. The van der Waals surface area contributed by atoms with Gasteiger partial charge in [-0.1, -0.05) is 41.4 Å². The molecule has 0 aliphatic rings. The van der Waals surface area contributed by atoms with E-state index in [2.05, 4.69) is 10.6 Å². The summed E-state index contributed by atoms with van der Waals surface area (Å²) in [7, 11) is 0. The van der Waals surface area contributed by atoms with Gasteiger partial charge in [-0.25, -0.2) is 4.79 Å². The zero-order valence-electron chi connectivity index (χ0n) is 11.8. The van der Waals surface area contributed by atoms with Crippen molar-refractivity contribution in [3.05, 3.63) is 58.6 Å². The Morgan fingerprint density at radius 1 is 1.09 bits per heavy atom. The van der Waals surface area contributed by atoms with Gasteiger partial charge in [0.15, 0.2) is 0 Å². The summed E-state index contributed by atoms with van der Waals surface area (Å²) in [5.41, 5.74) is 0.479. The van der Waals surface area contributed by atoms with Crippen LogP contribution >= 0.6 is 23.2 Å². The number of nitrogens with one attached hydrogen (secondary N) is 2. The maximum absolute atomic E-state index is 11.7. The molecule has 0 heterocycles. The van der Waals surface area contributed by atoms with E-state index in [-0.39, 0.29) is 6.03 Å². The molecule has 0 spiro atoms. The predicted molar refractivity (Wildman–Crippen MR) is 90.0 cm³/mol. The summed E-state index contributed by atoms with van der Waals surface area (Å²) in [5.74, 6) is 0.817. The minimum absolute atomic E-state index is 0.330. The third-order valence-electron chi connectivity index (χ3n) is 2.80. The Hall–Kier alpha value is -1.91. The zero-order valence-corrected chi connectivity index (χ0v) is 13.3. The number of halogens is 2. The van der Waals surface area contributed by atoms with Crippen molar-refractivity contribution in [3.63, 3.8) is 0 Å². The summed E-state index contributed by atoms with van der Waals surface area (Å²) < 4.78 is 5.53. The largest absolute Gasteiger partial charge is 0.494 e. The number of rotatable bonds is 6. The Morgan fingerprint density at radius 3 is 2.64 bits per heavy atom. The topological polar surface area (TPSA) is 50.4 Å². The maximum Gasteiger partial charge on any atom is 0.319 e. The molecule has 2 aromatic rings. The summed E-state index contributed by atoms with van der Waals surface area (Å²) in [6.45, 7) is 1.03. The summed E-state index contributed by atoms with van der Waals surface area (Å²) in [6.07, 6.45) is 0.700. The van der Waals surface area contributed by atoms with Gasteiger partial charge in [-0.05, 0) is 36.8 Å². The Morgan fingerprint density at radius 2 is 1.86 bits per heavy atom. The van der Waals surface area contributed by atoms with Gasteiger partial charge >= 0.3 is 6.03 Å². The molecule has 0 aliphatic heterocycles. The molecule has 0 aliphatic carbocycles. The number of amides is 2. The van der Waals surface area contributed by atoms with Crippen LogP contribution in [-0.4, -0.2) is 19.2 Å². The lowest BCUT2D eigenvalue weighted by molar-refractivity contribution is 0.250. The third-order valence-corrected chi connectivity index (χ3v) is 3.36. The van der Waals surface area contributed by atoms with Gasteiger partial charge in [0.2, 0.25) is 0 Å². The molecule has 0 aromatic heterocycles. The van der Waals surface area contributed by atoms with Crippen molar-refractivity contribution in [3.8, 4) is 5.75 Å². The minimum Gasteiger partial charge on any atom is -0.494 e. The molecule has 0 bridgehead atoms. The van der Waals surface area contributed by atoms with E-state index in [1.165, 1.54) is 0 Å². The van der Waals surface area contributed by atoms with E-state index in [4.69, 9.17) is 27.9 Å². The SMILES string of the molecule is O=C(NCCCOc1ccccc1)Nc1cc(Cl)ccc1Cl. The van der Waals surface area contributed by atoms with Crippen LogP contribution in [0.3, 0.4) is 0 Å². The number of para-hydroxylation sites is 1. The second-order valence-electron chi connectivity index (χ2n) is 4.52. The van der Waals surface area contributed by atoms with Crippen molar-refractivity contribution in [1.82, 2.24) is 5.32 Å². The molecular formula is C16H16Cl2N2O2. The third kappa shape index (κ3) is 5.47. The maximum atomic E-state index is 11.7. The van der Waals surface area contributed by atoms with Crippen molar-refractivity contribution in [1.29, 1.82) is 0 Å². The second kappa shape index (κ2) is 8.51. The number of urea groups is 1. The van der Waals surface area contributed by atoms with E-state index in [1.54, 1.807) is 18.2 Å². The number of anilines is 1. The van der Waals surface area contributed by atoms with Crippen LogP contribution in [0.2, 0.25) is 10.0 Å². The zero-order chi connectivity index (χ0) is 15.8. The molecule has 2 aromatic carbocycles. The van der Waals surface area contributed by atoms with Crippen LogP contribution in [0.5, 0.6) is 5.75 Å². The fraction of sp³-hybridized carbons (Fsp3) is 0.188. The lowest BCUT2D eigenvalue weighted by Crippen LogP contribution is -2.30. The Labute approximate surface area is 139 Å². The monoisotopic (exact) mass is 338 g/mol. The number of hydrogen-bond acceptors (Lipinski definition) is 2. The Kier molecular flexibility index (Phi) is 6.37. The fourth-order valence-electron chi connectivity index (χ4n) is 1.74. The van der Waals surface area contributed by atoms with Crippen LogP contribution in [0.15, 0.2) is 48.5 Å². The molecule has 2 N–H and O–H groups in total. The van der Waals surface area contributed by atoms with Gasteiger partial charge < -0.3 is 15.4 Å². The molecule has 0 saturated heterocycles. The summed E-state index contributed by atoms with van der Waals surface area (Å²) in [5, 5.41) is 6.33. The average molecular weight is 339 g/mol. The Balaban J connectivity index is 1.66. The normalized spacial score (nSPS) is 10.1. The standard InChI is InChI=1S/C16H16Cl2N2O2/c17-12-7-8-14(18)15(11-12)20-16(21)19-9-4-10-22-13-5-2-1-3-6-13/h1-3,5-8,11H,4,9-10H2,(H2,19,20,21). The Bertz CT molecular complexity index is 621. The van der Waals surface area contributed by atoms with E-state index in [9.17, 15) is 4.79 Å². The first kappa shape index (κ1) is 16.5. The molecule has 2 amide bonds. The van der Waals surface area contributed by atoms with Gasteiger partial charge in [0.05, 0.1) is 17.3 Å². The quantitative estimate of drug-likeness (QED) is 0.757. The van der Waals surface area contributed by atoms with Gasteiger partial charge in [0.1, 0.15) is 5.75 Å². The number of carbonyl (C=O) groups is 1. The highest BCUT2D eigenvalue weighted by molar-refractivity contribution is 6.35. The van der Waals surface area contributed by atoms with Crippen molar-refractivity contribution >= 4 is 34.9 Å². The predicted octanol–water partition coefficient (Wildman–Crippen LogP) is 4.58. The van der Waals surface area contributed by atoms with Gasteiger partial charge in [0, 0.05) is 11.6 Å². The van der Waals surface area contributed by atoms with Crippen molar-refractivity contribution in [2.24, 2.45) is 0 Å². The van der Waals surface area contributed by atoms with Gasteiger partial charge in [-0.3, -0.25) is 0 Å². The van der Waals surface area contributed by atoms with Crippen LogP contribution in [0.1, 0.15) is 6.42 Å². The molecule has 0 radical (unpaired) electrons. The van der Waals surface area contributed by atoms with Crippen LogP contribution in [-0.2, 0) is 0 Å². The van der Waals surface area contributed by atoms with Crippen molar-refractivity contribution in [2.45, 2.75) is 6.42 Å². The van der Waals surface area contributed by atoms with Gasteiger partial charge in [-0.15, -0.1) is 0 Å². The highest BCUT2D eigenvalue weighted by atomic mass is 35.5. The van der Waals surface area contributed by atoms with Crippen LogP contribution in [0, 0.1) is 0 Å². The first-order valence-corrected chi connectivity index (χ1v) is 7.58. The number of ether oxygens (including phenoxy) is 1. The molecule has 0 saturated carbocycles. The van der Waals surface area contributed by atoms with Crippen molar-refractivity contribution in [2.75, 3.05) is 18.5 Å². The number of carbonyl (C=O) groups excluding carboxylic acids is 1. The highest BCUT2D eigenvalue weighted by Crippen LogP contribution is 2.25. The highest BCUT2D eigenvalue weighted by Gasteiger charge is 2.05. The molecule has 4 nitrogen and oxygen atoms in total. The summed E-state index contributed by atoms with van der Waals surface area (Å²) >= 11 is 11.8. The molecule has 0 fully saturated rings.